The van der Waals surface area contributed by atoms with E-state index in [2.05, 4.69) is 94.7 Å². The van der Waals surface area contributed by atoms with Crippen LogP contribution in [0.25, 0.3) is 33.6 Å². The number of benzene rings is 1. The summed E-state index contributed by atoms with van der Waals surface area (Å²) < 4.78 is 0. The van der Waals surface area contributed by atoms with E-state index in [0.29, 0.717) is 0 Å². The Kier molecular flexibility index (Phi) is 7.75. The van der Waals surface area contributed by atoms with E-state index >= 15 is 0 Å². The molecule has 0 saturated carbocycles. The Bertz CT molecular complexity index is 1430. The summed E-state index contributed by atoms with van der Waals surface area (Å²) in [4.78, 5) is 8.42. The number of aromatic amines is 2. The number of likely N-dealkylation sites (N-methyl/N-ethyl adjacent to an activating group) is 1. The van der Waals surface area contributed by atoms with Crippen LogP contribution in [0.4, 0.5) is 0 Å². The summed E-state index contributed by atoms with van der Waals surface area (Å²) in [5.74, 6) is 0.739. The summed E-state index contributed by atoms with van der Waals surface area (Å²) in [5.41, 5.74) is 9.24. The van der Waals surface area contributed by atoms with Gasteiger partial charge < -0.3 is 10.3 Å². The number of aryl methyl sites for hydroxylation is 1. The van der Waals surface area contributed by atoms with Crippen molar-refractivity contribution in [2.24, 2.45) is 0 Å². The summed E-state index contributed by atoms with van der Waals surface area (Å²) in [7, 11) is 0. The molecule has 6 heteroatoms. The van der Waals surface area contributed by atoms with Crippen LogP contribution in [0.5, 0.6) is 0 Å². The second-order valence-electron chi connectivity index (χ2n) is 8.17. The lowest BCUT2D eigenvalue weighted by Gasteiger charge is -2.07. The standard InChI is InChI=1S/C29H31N5S/c1-6-10-24(23-13-14-35-18-23)27-19(5)31-29(32-27)28-25-16-22(11-12-26(25)33-34-28)21(8-3)15-20(7-2)17-30-9-4/h6-8,10-16,18,30H,1-2,9,17H2,3-5H3,(H,31,32)(H,33,34)/b20-15+,21-8+,24-10-. The summed E-state index contributed by atoms with van der Waals surface area (Å²) in [6.07, 6.45) is 10.0. The van der Waals surface area contributed by atoms with Gasteiger partial charge in [0, 0.05) is 23.2 Å². The number of aromatic nitrogens is 4. The molecule has 0 saturated heterocycles. The molecule has 0 aliphatic carbocycles. The molecule has 0 atom stereocenters. The van der Waals surface area contributed by atoms with Crippen LogP contribution < -0.4 is 5.32 Å². The van der Waals surface area contributed by atoms with Gasteiger partial charge >= 0.3 is 0 Å². The van der Waals surface area contributed by atoms with Crippen molar-refractivity contribution < 1.29 is 0 Å². The van der Waals surface area contributed by atoms with Gasteiger partial charge in [-0.1, -0.05) is 56.5 Å². The average Bonchev–Trinajstić information content (AvgIpc) is 3.62. The van der Waals surface area contributed by atoms with Gasteiger partial charge in [-0.2, -0.15) is 16.4 Å². The maximum Gasteiger partial charge on any atom is 0.159 e. The van der Waals surface area contributed by atoms with Gasteiger partial charge in [-0.15, -0.1) is 0 Å². The Balaban J connectivity index is 1.76. The lowest BCUT2D eigenvalue weighted by molar-refractivity contribution is 0.785. The van der Waals surface area contributed by atoms with Gasteiger partial charge in [0.25, 0.3) is 0 Å². The topological polar surface area (TPSA) is 69.4 Å². The molecule has 0 fully saturated rings. The van der Waals surface area contributed by atoms with Gasteiger partial charge in [-0.3, -0.25) is 5.10 Å². The van der Waals surface area contributed by atoms with Crippen LogP contribution in [0.2, 0.25) is 0 Å². The fourth-order valence-corrected chi connectivity index (χ4v) is 4.70. The van der Waals surface area contributed by atoms with Gasteiger partial charge in [-0.25, -0.2) is 4.98 Å². The van der Waals surface area contributed by atoms with Gasteiger partial charge in [0.2, 0.25) is 0 Å². The fourth-order valence-electron chi connectivity index (χ4n) is 4.04. The Morgan fingerprint density at radius 1 is 1.20 bits per heavy atom. The minimum absolute atomic E-state index is 0.739. The summed E-state index contributed by atoms with van der Waals surface area (Å²) in [6.45, 7) is 15.8. The van der Waals surface area contributed by atoms with E-state index in [1.165, 1.54) is 0 Å². The van der Waals surface area contributed by atoms with E-state index in [1.807, 2.05) is 19.1 Å². The smallest absolute Gasteiger partial charge is 0.159 e. The Morgan fingerprint density at radius 3 is 2.74 bits per heavy atom. The van der Waals surface area contributed by atoms with Gasteiger partial charge in [-0.05, 0) is 71.6 Å². The first-order valence-electron chi connectivity index (χ1n) is 11.7. The largest absolute Gasteiger partial charge is 0.340 e. The van der Waals surface area contributed by atoms with Crippen molar-refractivity contribution in [1.82, 2.24) is 25.5 Å². The van der Waals surface area contributed by atoms with Crippen LogP contribution in [0.3, 0.4) is 0 Å². The van der Waals surface area contributed by atoms with Crippen molar-refractivity contribution in [3.63, 3.8) is 0 Å². The average molecular weight is 482 g/mol. The molecule has 3 heterocycles. The molecule has 0 amide bonds. The predicted molar refractivity (Wildman–Crippen MR) is 150 cm³/mol. The highest BCUT2D eigenvalue weighted by atomic mass is 32.1. The van der Waals surface area contributed by atoms with Crippen molar-refractivity contribution in [3.05, 3.63) is 107 Å². The molecule has 0 radical (unpaired) electrons. The molecule has 4 rings (SSSR count). The minimum atomic E-state index is 0.739. The van der Waals surface area contributed by atoms with Crippen molar-refractivity contribution >= 4 is 33.4 Å². The van der Waals surface area contributed by atoms with Crippen LogP contribution in [0, 0.1) is 6.92 Å². The second kappa shape index (κ2) is 11.1. The molecule has 178 valence electrons. The molecule has 0 unspecified atom stereocenters. The lowest BCUT2D eigenvalue weighted by atomic mass is 10.00. The molecular formula is C29H31N5S. The van der Waals surface area contributed by atoms with Crippen LogP contribution in [-0.2, 0) is 0 Å². The second-order valence-corrected chi connectivity index (χ2v) is 8.95. The molecule has 0 aliphatic heterocycles. The maximum atomic E-state index is 4.97. The maximum absolute atomic E-state index is 4.97. The Morgan fingerprint density at radius 2 is 2.06 bits per heavy atom. The van der Waals surface area contributed by atoms with Crippen molar-refractivity contribution in [1.29, 1.82) is 0 Å². The third-order valence-electron chi connectivity index (χ3n) is 5.87. The van der Waals surface area contributed by atoms with E-state index in [9.17, 15) is 0 Å². The number of hydrogen-bond acceptors (Lipinski definition) is 4. The van der Waals surface area contributed by atoms with Crippen LogP contribution in [-0.4, -0.2) is 33.3 Å². The molecule has 3 aromatic heterocycles. The molecule has 5 nitrogen and oxygen atoms in total. The monoisotopic (exact) mass is 481 g/mol. The van der Waals surface area contributed by atoms with E-state index in [4.69, 9.17) is 4.98 Å². The Labute approximate surface area is 210 Å². The molecule has 1 aromatic carbocycles. The molecule has 0 aliphatic rings. The third kappa shape index (κ3) is 5.19. The highest BCUT2D eigenvalue weighted by Crippen LogP contribution is 2.32. The van der Waals surface area contributed by atoms with E-state index < -0.39 is 0 Å². The zero-order valence-corrected chi connectivity index (χ0v) is 21.3. The zero-order valence-electron chi connectivity index (χ0n) is 20.5. The highest BCUT2D eigenvalue weighted by Gasteiger charge is 2.18. The predicted octanol–water partition coefficient (Wildman–Crippen LogP) is 7.07. The van der Waals surface area contributed by atoms with Gasteiger partial charge in [0.15, 0.2) is 5.82 Å². The number of nitrogens with one attached hydrogen (secondary N) is 3. The number of thiophene rings is 1. The number of allylic oxidation sites excluding steroid dienone is 5. The highest BCUT2D eigenvalue weighted by molar-refractivity contribution is 7.08. The molecule has 0 bridgehead atoms. The molecule has 0 spiro atoms. The number of H-pyrrole nitrogens is 2. The van der Waals surface area contributed by atoms with E-state index in [-0.39, 0.29) is 0 Å². The first-order chi connectivity index (χ1) is 17.1. The van der Waals surface area contributed by atoms with Crippen molar-refractivity contribution in [2.45, 2.75) is 20.8 Å². The van der Waals surface area contributed by atoms with E-state index in [0.717, 1.165) is 74.7 Å². The summed E-state index contributed by atoms with van der Waals surface area (Å²) >= 11 is 1.67. The van der Waals surface area contributed by atoms with Crippen molar-refractivity contribution in [2.75, 3.05) is 13.1 Å². The molecule has 35 heavy (non-hydrogen) atoms. The number of hydrogen-bond donors (Lipinski definition) is 3. The molecular weight excluding hydrogens is 450 g/mol. The number of rotatable bonds is 10. The quantitative estimate of drug-likeness (QED) is 0.212. The van der Waals surface area contributed by atoms with Crippen LogP contribution in [0.15, 0.2) is 84.1 Å². The summed E-state index contributed by atoms with van der Waals surface area (Å²) in [6, 6.07) is 8.46. The zero-order chi connectivity index (χ0) is 24.8. The lowest BCUT2D eigenvalue weighted by Crippen LogP contribution is -2.15. The van der Waals surface area contributed by atoms with Gasteiger partial charge in [0.05, 0.1) is 11.2 Å². The first kappa shape index (κ1) is 24.4. The molecule has 3 N–H and O–H groups in total. The van der Waals surface area contributed by atoms with Crippen LogP contribution >= 0.6 is 11.3 Å². The van der Waals surface area contributed by atoms with Crippen LogP contribution in [0.1, 0.15) is 36.4 Å². The third-order valence-corrected chi connectivity index (χ3v) is 6.55. The van der Waals surface area contributed by atoms with Gasteiger partial charge in [0.1, 0.15) is 5.69 Å². The fraction of sp³-hybridized carbons (Fsp3) is 0.172. The summed E-state index contributed by atoms with van der Waals surface area (Å²) in [5, 5.41) is 16.4. The number of imidazole rings is 1. The molecule has 4 aromatic rings. The number of fused-ring (bicyclic) bond motifs is 1. The number of nitrogens with zero attached hydrogens (tertiary/aromatic N) is 2. The van der Waals surface area contributed by atoms with E-state index in [1.54, 1.807) is 17.4 Å². The normalized spacial score (nSPS) is 12.9. The Hall–Kier alpha value is -3.74. The van der Waals surface area contributed by atoms with Crippen molar-refractivity contribution in [3.8, 4) is 11.5 Å². The SMILES string of the molecule is C=C/C=C(/c1ccsc1)c1nc(-c2n[nH]c3ccc(C(/C=C(\C=C)CNCC)=C/C)cc23)[nH]c1C. The first-order valence-corrected chi connectivity index (χ1v) is 12.6. The minimum Gasteiger partial charge on any atom is -0.340 e.